The van der Waals surface area contributed by atoms with Gasteiger partial charge in [-0.1, -0.05) is 19.8 Å². The van der Waals surface area contributed by atoms with E-state index < -0.39 is 0 Å². The zero-order chi connectivity index (χ0) is 15.4. The van der Waals surface area contributed by atoms with Gasteiger partial charge in [-0.15, -0.1) is 0 Å². The molecule has 2 saturated heterocycles. The molecule has 0 spiro atoms. The predicted molar refractivity (Wildman–Crippen MR) is 91.1 cm³/mol. The normalized spacial score (nSPS) is 34.1. The molecule has 1 N–H and O–H groups in total. The molecule has 2 atom stereocenters. The maximum Gasteiger partial charge on any atom is 0.0558 e. The first-order valence-electron chi connectivity index (χ1n) is 9.57. The Hall–Kier alpha value is -0.160. The van der Waals surface area contributed by atoms with Crippen LogP contribution in [0.5, 0.6) is 0 Å². The molecule has 3 rings (SSSR count). The lowest BCUT2D eigenvalue weighted by Gasteiger charge is -2.45. The summed E-state index contributed by atoms with van der Waals surface area (Å²) in [5, 5.41) is 9.04. The fourth-order valence-corrected chi connectivity index (χ4v) is 4.84. The molecule has 0 aromatic heterocycles. The maximum atomic E-state index is 9.04. The van der Waals surface area contributed by atoms with Crippen molar-refractivity contribution in [1.82, 2.24) is 14.7 Å². The maximum absolute atomic E-state index is 9.04. The molecule has 1 saturated carbocycles. The number of likely N-dealkylation sites (tertiary alicyclic amines) is 1. The molecular weight excluding hydrogens is 274 g/mol. The molecule has 1 aliphatic carbocycles. The van der Waals surface area contributed by atoms with E-state index in [1.165, 1.54) is 64.7 Å². The molecule has 4 heteroatoms. The van der Waals surface area contributed by atoms with E-state index in [9.17, 15) is 0 Å². The second-order valence-corrected chi connectivity index (χ2v) is 7.79. The highest BCUT2D eigenvalue weighted by atomic mass is 16.3. The third-order valence-corrected chi connectivity index (χ3v) is 6.26. The zero-order valence-electron chi connectivity index (χ0n) is 14.4. The van der Waals surface area contributed by atoms with Gasteiger partial charge in [0.25, 0.3) is 0 Å². The topological polar surface area (TPSA) is 30.0 Å². The van der Waals surface area contributed by atoms with Gasteiger partial charge in [-0.25, -0.2) is 0 Å². The van der Waals surface area contributed by atoms with Gasteiger partial charge in [0.2, 0.25) is 0 Å². The van der Waals surface area contributed by atoms with Crippen molar-refractivity contribution in [3.63, 3.8) is 0 Å². The van der Waals surface area contributed by atoms with Crippen LogP contribution in [0, 0.1) is 5.92 Å². The van der Waals surface area contributed by atoms with E-state index in [2.05, 4.69) is 21.6 Å². The van der Waals surface area contributed by atoms with E-state index in [1.807, 2.05) is 0 Å². The molecule has 128 valence electrons. The summed E-state index contributed by atoms with van der Waals surface area (Å²) in [5.74, 6) is 0.941. The molecule has 22 heavy (non-hydrogen) atoms. The number of aliphatic hydroxyl groups is 1. The Morgan fingerprint density at radius 3 is 2.14 bits per heavy atom. The van der Waals surface area contributed by atoms with Gasteiger partial charge in [0.05, 0.1) is 6.61 Å². The number of rotatable bonds is 4. The summed E-state index contributed by atoms with van der Waals surface area (Å²) in [7, 11) is 0. The number of hydrogen-bond donors (Lipinski definition) is 1. The predicted octanol–water partition coefficient (Wildman–Crippen LogP) is 1.64. The van der Waals surface area contributed by atoms with Gasteiger partial charge in [-0.05, 0) is 44.7 Å². The van der Waals surface area contributed by atoms with Gasteiger partial charge in [0, 0.05) is 44.8 Å². The fraction of sp³-hybridized carbons (Fsp3) is 1.00. The number of hydrogen-bond acceptors (Lipinski definition) is 4. The second-order valence-electron chi connectivity index (χ2n) is 7.79. The van der Waals surface area contributed by atoms with Crippen molar-refractivity contribution in [2.75, 3.05) is 52.4 Å². The van der Waals surface area contributed by atoms with E-state index in [0.29, 0.717) is 6.61 Å². The van der Waals surface area contributed by atoms with Gasteiger partial charge < -0.3 is 10.0 Å². The summed E-state index contributed by atoms with van der Waals surface area (Å²) in [6, 6.07) is 1.69. The molecule has 2 unspecified atom stereocenters. The van der Waals surface area contributed by atoms with Crippen LogP contribution in [-0.4, -0.2) is 84.3 Å². The quantitative estimate of drug-likeness (QED) is 0.855. The Kier molecular flexibility index (Phi) is 6.14. The molecule has 3 aliphatic rings. The van der Waals surface area contributed by atoms with E-state index in [0.717, 1.165) is 37.6 Å². The van der Waals surface area contributed by atoms with Crippen LogP contribution in [-0.2, 0) is 0 Å². The third-order valence-electron chi connectivity index (χ3n) is 6.26. The highest BCUT2D eigenvalue weighted by Crippen LogP contribution is 2.30. The molecule has 4 nitrogen and oxygen atoms in total. The average Bonchev–Trinajstić information content (AvgIpc) is 2.56. The Labute approximate surface area is 136 Å². The van der Waals surface area contributed by atoms with Crippen molar-refractivity contribution in [2.45, 2.75) is 57.5 Å². The summed E-state index contributed by atoms with van der Waals surface area (Å²) in [5.41, 5.74) is 0. The summed E-state index contributed by atoms with van der Waals surface area (Å²) in [6.45, 7) is 10.9. The molecule has 0 amide bonds. The SMILES string of the molecule is CC1CCCC(N2CCC(N3CCN(CCO)CC3)CC2)C1. The summed E-state index contributed by atoms with van der Waals surface area (Å²) < 4.78 is 0. The Morgan fingerprint density at radius 2 is 1.50 bits per heavy atom. The lowest BCUT2D eigenvalue weighted by molar-refractivity contribution is 0.0340. The van der Waals surface area contributed by atoms with Crippen LogP contribution in [0.4, 0.5) is 0 Å². The van der Waals surface area contributed by atoms with Crippen molar-refractivity contribution < 1.29 is 5.11 Å². The van der Waals surface area contributed by atoms with Gasteiger partial charge in [0.1, 0.15) is 0 Å². The molecule has 2 aliphatic heterocycles. The van der Waals surface area contributed by atoms with Crippen LogP contribution < -0.4 is 0 Å². The van der Waals surface area contributed by atoms with E-state index in [-0.39, 0.29) is 0 Å². The average molecular weight is 309 g/mol. The lowest BCUT2D eigenvalue weighted by atomic mass is 9.85. The van der Waals surface area contributed by atoms with Crippen molar-refractivity contribution in [3.8, 4) is 0 Å². The lowest BCUT2D eigenvalue weighted by Crippen LogP contribution is -2.54. The second kappa shape index (κ2) is 8.09. The highest BCUT2D eigenvalue weighted by Gasteiger charge is 2.31. The minimum absolute atomic E-state index is 0.304. The third kappa shape index (κ3) is 4.22. The van der Waals surface area contributed by atoms with Crippen LogP contribution in [0.2, 0.25) is 0 Å². The van der Waals surface area contributed by atoms with Crippen LogP contribution in [0.1, 0.15) is 45.4 Å². The zero-order valence-corrected chi connectivity index (χ0v) is 14.4. The van der Waals surface area contributed by atoms with E-state index >= 15 is 0 Å². The Bertz CT molecular complexity index is 322. The summed E-state index contributed by atoms with van der Waals surface area (Å²) in [4.78, 5) is 7.91. The first-order valence-corrected chi connectivity index (χ1v) is 9.57. The molecule has 0 bridgehead atoms. The molecule has 2 heterocycles. The van der Waals surface area contributed by atoms with Crippen LogP contribution in [0.3, 0.4) is 0 Å². The fourth-order valence-electron chi connectivity index (χ4n) is 4.84. The Balaban J connectivity index is 1.40. The van der Waals surface area contributed by atoms with Crippen molar-refractivity contribution >= 4 is 0 Å². The molecule has 0 aromatic rings. The smallest absolute Gasteiger partial charge is 0.0558 e. The van der Waals surface area contributed by atoms with Crippen LogP contribution in [0.25, 0.3) is 0 Å². The molecular formula is C18H35N3O. The number of piperazine rings is 1. The van der Waals surface area contributed by atoms with Gasteiger partial charge >= 0.3 is 0 Å². The molecule has 3 fully saturated rings. The summed E-state index contributed by atoms with van der Waals surface area (Å²) in [6.07, 6.45) is 8.50. The monoisotopic (exact) mass is 309 g/mol. The van der Waals surface area contributed by atoms with E-state index in [4.69, 9.17) is 5.11 Å². The van der Waals surface area contributed by atoms with Gasteiger partial charge in [-0.3, -0.25) is 9.80 Å². The number of aliphatic hydroxyl groups excluding tert-OH is 1. The molecule has 0 radical (unpaired) electrons. The van der Waals surface area contributed by atoms with Crippen molar-refractivity contribution in [2.24, 2.45) is 5.92 Å². The van der Waals surface area contributed by atoms with Crippen molar-refractivity contribution in [3.05, 3.63) is 0 Å². The first-order chi connectivity index (χ1) is 10.8. The van der Waals surface area contributed by atoms with Crippen LogP contribution >= 0.6 is 0 Å². The van der Waals surface area contributed by atoms with Gasteiger partial charge in [-0.2, -0.15) is 0 Å². The largest absolute Gasteiger partial charge is 0.395 e. The van der Waals surface area contributed by atoms with E-state index in [1.54, 1.807) is 0 Å². The summed E-state index contributed by atoms with van der Waals surface area (Å²) >= 11 is 0. The van der Waals surface area contributed by atoms with Gasteiger partial charge in [0.15, 0.2) is 0 Å². The highest BCUT2D eigenvalue weighted by molar-refractivity contribution is 4.87. The number of β-amino-alcohol motifs (C(OH)–C–C–N with tert-alkyl or cyclic N) is 1. The standard InChI is InChI=1S/C18H35N3O/c1-16-3-2-4-18(15-16)20-7-5-17(6-8-20)21-11-9-19(10-12-21)13-14-22/h16-18,22H,2-15H2,1H3. The van der Waals surface area contributed by atoms with Crippen LogP contribution in [0.15, 0.2) is 0 Å². The number of piperidine rings is 1. The van der Waals surface area contributed by atoms with Crippen molar-refractivity contribution in [1.29, 1.82) is 0 Å². The Morgan fingerprint density at radius 1 is 0.818 bits per heavy atom. The minimum atomic E-state index is 0.304. The minimum Gasteiger partial charge on any atom is -0.395 e. The number of nitrogens with zero attached hydrogens (tertiary/aromatic N) is 3. The molecule has 0 aromatic carbocycles. The first kappa shape index (κ1) is 16.7.